The number of ether oxygens (including phenoxy) is 1. The molecule has 0 aromatic carbocycles. The molecule has 7 heteroatoms. The molecule has 1 unspecified atom stereocenters. The number of hydrogen-bond donors (Lipinski definition) is 2. The number of methoxy groups -OCH3 is 1. The molecule has 20 heavy (non-hydrogen) atoms. The lowest BCUT2D eigenvalue weighted by molar-refractivity contribution is 0.179. The summed E-state index contributed by atoms with van der Waals surface area (Å²) in [7, 11) is 1.64. The first-order chi connectivity index (χ1) is 9.17. The Labute approximate surface area is 136 Å². The Morgan fingerprint density at radius 1 is 1.55 bits per heavy atom. The zero-order valence-electron chi connectivity index (χ0n) is 12.0. The Kier molecular flexibility index (Phi) is 10.3. The molecule has 0 saturated heterocycles. The van der Waals surface area contributed by atoms with E-state index < -0.39 is 0 Å². The molecule has 1 aromatic heterocycles. The predicted molar refractivity (Wildman–Crippen MR) is 88.9 cm³/mol. The molecule has 0 amide bonds. The molecule has 1 aromatic rings. The van der Waals surface area contributed by atoms with E-state index in [1.165, 1.54) is 6.07 Å². The maximum absolute atomic E-state index is 13.4. The second-order valence-corrected chi connectivity index (χ2v) is 4.13. The summed E-state index contributed by atoms with van der Waals surface area (Å²) in [5, 5.41) is 6.27. The van der Waals surface area contributed by atoms with Crippen molar-refractivity contribution in [2.45, 2.75) is 26.4 Å². The van der Waals surface area contributed by atoms with E-state index >= 15 is 0 Å². The van der Waals surface area contributed by atoms with E-state index in [2.05, 4.69) is 20.6 Å². The van der Waals surface area contributed by atoms with Crippen LogP contribution in [0.2, 0.25) is 0 Å². The first-order valence-corrected chi connectivity index (χ1v) is 6.30. The fraction of sp³-hybridized carbons (Fsp3) is 0.538. The highest BCUT2D eigenvalue weighted by atomic mass is 127. The van der Waals surface area contributed by atoms with E-state index in [1.807, 2.05) is 13.8 Å². The SMILES string of the molecule is CCNC(=NCc1ncccc1F)NC(C)COC.I. The smallest absolute Gasteiger partial charge is 0.191 e. The highest BCUT2D eigenvalue weighted by Crippen LogP contribution is 2.03. The summed E-state index contributed by atoms with van der Waals surface area (Å²) in [5.74, 6) is 0.282. The van der Waals surface area contributed by atoms with E-state index in [0.717, 1.165) is 6.54 Å². The van der Waals surface area contributed by atoms with Crippen LogP contribution < -0.4 is 10.6 Å². The van der Waals surface area contributed by atoms with Crippen molar-refractivity contribution in [2.75, 3.05) is 20.3 Å². The molecule has 5 nitrogen and oxygen atoms in total. The van der Waals surface area contributed by atoms with Crippen LogP contribution in [0, 0.1) is 5.82 Å². The molecule has 1 heterocycles. The topological polar surface area (TPSA) is 58.5 Å². The molecule has 0 aliphatic heterocycles. The van der Waals surface area contributed by atoms with Crippen LogP contribution in [0.3, 0.4) is 0 Å². The predicted octanol–water partition coefficient (Wildman–Crippen LogP) is 1.93. The molecule has 2 N–H and O–H groups in total. The lowest BCUT2D eigenvalue weighted by Crippen LogP contribution is -2.43. The molecule has 0 radical (unpaired) electrons. The monoisotopic (exact) mass is 396 g/mol. The van der Waals surface area contributed by atoms with Gasteiger partial charge in [0, 0.05) is 25.9 Å². The van der Waals surface area contributed by atoms with E-state index in [9.17, 15) is 4.39 Å². The van der Waals surface area contributed by atoms with Gasteiger partial charge in [0.1, 0.15) is 5.82 Å². The number of aliphatic imine (C=N–C) groups is 1. The molecular formula is C13H22FIN4O. The summed E-state index contributed by atoms with van der Waals surface area (Å²) in [6.07, 6.45) is 1.56. The number of nitrogens with zero attached hydrogens (tertiary/aromatic N) is 2. The third-order valence-electron chi connectivity index (χ3n) is 2.37. The molecule has 1 rings (SSSR count). The van der Waals surface area contributed by atoms with Crippen molar-refractivity contribution >= 4 is 29.9 Å². The molecule has 0 spiro atoms. The van der Waals surface area contributed by atoms with Gasteiger partial charge in [0.25, 0.3) is 0 Å². The zero-order chi connectivity index (χ0) is 14.1. The maximum atomic E-state index is 13.4. The summed E-state index contributed by atoms with van der Waals surface area (Å²) >= 11 is 0. The molecule has 114 valence electrons. The molecule has 0 bridgehead atoms. The van der Waals surface area contributed by atoms with Crippen LogP contribution in [0.4, 0.5) is 4.39 Å². The average molecular weight is 396 g/mol. The van der Waals surface area contributed by atoms with Crippen LogP contribution in [-0.4, -0.2) is 37.2 Å². The van der Waals surface area contributed by atoms with Crippen molar-refractivity contribution in [3.63, 3.8) is 0 Å². The van der Waals surface area contributed by atoms with Gasteiger partial charge in [-0.25, -0.2) is 9.38 Å². The van der Waals surface area contributed by atoms with Crippen molar-refractivity contribution in [1.82, 2.24) is 15.6 Å². The van der Waals surface area contributed by atoms with Gasteiger partial charge >= 0.3 is 0 Å². The minimum absolute atomic E-state index is 0. The third kappa shape index (κ3) is 6.99. The van der Waals surface area contributed by atoms with Gasteiger partial charge in [0.15, 0.2) is 5.96 Å². The van der Waals surface area contributed by atoms with E-state index in [-0.39, 0.29) is 42.4 Å². The van der Waals surface area contributed by atoms with Crippen LogP contribution in [0.15, 0.2) is 23.3 Å². The lowest BCUT2D eigenvalue weighted by atomic mass is 10.3. The molecule has 0 aliphatic rings. The standard InChI is InChI=1S/C13H21FN4O.HI/c1-4-15-13(18-10(2)9-19-3)17-8-12-11(14)6-5-7-16-12;/h5-7,10H,4,8-9H2,1-3H3,(H2,15,17,18);1H. The number of hydrogen-bond acceptors (Lipinski definition) is 3. The third-order valence-corrected chi connectivity index (χ3v) is 2.37. The molecule has 0 aliphatic carbocycles. The molecule has 0 fully saturated rings. The highest BCUT2D eigenvalue weighted by Gasteiger charge is 2.06. The summed E-state index contributed by atoms with van der Waals surface area (Å²) in [5.41, 5.74) is 0.332. The molecule has 0 saturated carbocycles. The first-order valence-electron chi connectivity index (χ1n) is 6.30. The Hall–Kier alpha value is -0.960. The lowest BCUT2D eigenvalue weighted by Gasteiger charge is -2.16. The van der Waals surface area contributed by atoms with Crippen molar-refractivity contribution in [2.24, 2.45) is 4.99 Å². The maximum Gasteiger partial charge on any atom is 0.191 e. The number of halogens is 2. The van der Waals surface area contributed by atoms with E-state index in [1.54, 1.807) is 19.4 Å². The second kappa shape index (κ2) is 10.8. The highest BCUT2D eigenvalue weighted by molar-refractivity contribution is 14.0. The Morgan fingerprint density at radius 2 is 2.30 bits per heavy atom. The summed E-state index contributed by atoms with van der Waals surface area (Å²) < 4.78 is 18.5. The van der Waals surface area contributed by atoms with Crippen molar-refractivity contribution in [3.8, 4) is 0 Å². The van der Waals surface area contributed by atoms with Crippen molar-refractivity contribution in [1.29, 1.82) is 0 Å². The van der Waals surface area contributed by atoms with Gasteiger partial charge in [-0.05, 0) is 26.0 Å². The number of aromatic nitrogens is 1. The Bertz CT molecular complexity index is 417. The largest absolute Gasteiger partial charge is 0.383 e. The van der Waals surface area contributed by atoms with Crippen molar-refractivity contribution < 1.29 is 9.13 Å². The van der Waals surface area contributed by atoms with Gasteiger partial charge in [-0.2, -0.15) is 0 Å². The quantitative estimate of drug-likeness (QED) is 0.439. The van der Waals surface area contributed by atoms with Crippen LogP contribution >= 0.6 is 24.0 Å². The summed E-state index contributed by atoms with van der Waals surface area (Å²) in [6, 6.07) is 3.06. The molecule has 1 atom stereocenters. The Morgan fingerprint density at radius 3 is 2.90 bits per heavy atom. The molecular weight excluding hydrogens is 374 g/mol. The van der Waals surface area contributed by atoms with Gasteiger partial charge in [-0.15, -0.1) is 24.0 Å². The van der Waals surface area contributed by atoms with E-state index in [0.29, 0.717) is 18.3 Å². The van der Waals surface area contributed by atoms with Gasteiger partial charge < -0.3 is 15.4 Å². The minimum atomic E-state index is -0.341. The fourth-order valence-corrected chi connectivity index (χ4v) is 1.53. The number of guanidine groups is 1. The van der Waals surface area contributed by atoms with E-state index in [4.69, 9.17) is 4.74 Å². The van der Waals surface area contributed by atoms with Gasteiger partial charge in [0.05, 0.1) is 18.8 Å². The van der Waals surface area contributed by atoms with Crippen LogP contribution in [-0.2, 0) is 11.3 Å². The van der Waals surface area contributed by atoms with Crippen LogP contribution in [0.1, 0.15) is 19.5 Å². The number of nitrogens with one attached hydrogen (secondary N) is 2. The van der Waals surface area contributed by atoms with Crippen LogP contribution in [0.25, 0.3) is 0 Å². The average Bonchev–Trinajstić information content (AvgIpc) is 2.38. The summed E-state index contributed by atoms with van der Waals surface area (Å²) in [6.45, 7) is 5.46. The normalized spacial score (nSPS) is 12.5. The zero-order valence-corrected chi connectivity index (χ0v) is 14.3. The van der Waals surface area contributed by atoms with Gasteiger partial charge in [-0.3, -0.25) is 4.98 Å². The number of pyridine rings is 1. The van der Waals surface area contributed by atoms with Gasteiger partial charge in [-0.1, -0.05) is 0 Å². The van der Waals surface area contributed by atoms with Gasteiger partial charge in [0.2, 0.25) is 0 Å². The second-order valence-electron chi connectivity index (χ2n) is 4.13. The minimum Gasteiger partial charge on any atom is -0.383 e. The van der Waals surface area contributed by atoms with Crippen molar-refractivity contribution in [3.05, 3.63) is 29.8 Å². The first kappa shape index (κ1) is 19.0. The summed E-state index contributed by atoms with van der Waals surface area (Å²) in [4.78, 5) is 8.27. The number of rotatable bonds is 6. The van der Waals surface area contributed by atoms with Crippen LogP contribution in [0.5, 0.6) is 0 Å². The fourth-order valence-electron chi connectivity index (χ4n) is 1.53. The Balaban J connectivity index is 0.00000361.